The van der Waals surface area contributed by atoms with Crippen LogP contribution in [0.3, 0.4) is 0 Å². The van der Waals surface area contributed by atoms with Gasteiger partial charge in [0, 0.05) is 0 Å². The minimum absolute atomic E-state index is 0.0133. The van der Waals surface area contributed by atoms with Gasteiger partial charge < -0.3 is 9.47 Å². The van der Waals surface area contributed by atoms with Crippen molar-refractivity contribution in [2.75, 3.05) is 13.2 Å². The van der Waals surface area contributed by atoms with Gasteiger partial charge in [0.15, 0.2) is 13.2 Å². The van der Waals surface area contributed by atoms with E-state index in [1.807, 2.05) is 42.5 Å². The molecule has 0 radical (unpaired) electrons. The summed E-state index contributed by atoms with van der Waals surface area (Å²) in [6, 6.07) is 13.3. The molecule has 7 heteroatoms. The lowest BCUT2D eigenvalue weighted by atomic mass is 9.87. The Bertz CT molecular complexity index is 913. The van der Waals surface area contributed by atoms with Crippen molar-refractivity contribution in [1.29, 1.82) is 0 Å². The lowest BCUT2D eigenvalue weighted by Gasteiger charge is -2.20. The summed E-state index contributed by atoms with van der Waals surface area (Å²) in [6.45, 7) is 12.3. The number of rotatable bonds is 6. The number of ether oxygens (including phenoxy) is 2. The zero-order valence-electron chi connectivity index (χ0n) is 19.0. The van der Waals surface area contributed by atoms with E-state index in [1.54, 1.807) is 0 Å². The Labute approximate surface area is 192 Å². The molecular formula is C24H31BrN2O4. The lowest BCUT2D eigenvalue weighted by molar-refractivity contribution is -0.131. The van der Waals surface area contributed by atoms with E-state index in [2.05, 4.69) is 68.3 Å². The summed E-state index contributed by atoms with van der Waals surface area (Å²) in [5.74, 6) is 0.191. The van der Waals surface area contributed by atoms with Gasteiger partial charge in [-0.15, -0.1) is 0 Å². The Morgan fingerprint density at radius 3 is 1.74 bits per heavy atom. The predicted molar refractivity (Wildman–Crippen MR) is 125 cm³/mol. The van der Waals surface area contributed by atoms with E-state index < -0.39 is 11.8 Å². The van der Waals surface area contributed by atoms with Crippen LogP contribution in [0.4, 0.5) is 0 Å². The second kappa shape index (κ2) is 10.2. The van der Waals surface area contributed by atoms with Gasteiger partial charge in [-0.1, -0.05) is 59.7 Å². The second-order valence-corrected chi connectivity index (χ2v) is 10.2. The Hall–Kier alpha value is -2.54. The Kier molecular flexibility index (Phi) is 8.12. The van der Waals surface area contributed by atoms with Crippen LogP contribution in [-0.2, 0) is 20.4 Å². The molecule has 0 unspecified atom stereocenters. The minimum atomic E-state index is -0.477. The highest BCUT2D eigenvalue weighted by atomic mass is 79.9. The topological polar surface area (TPSA) is 76.7 Å². The second-order valence-electron chi connectivity index (χ2n) is 9.34. The Morgan fingerprint density at radius 2 is 1.26 bits per heavy atom. The molecular weight excluding hydrogens is 460 g/mol. The van der Waals surface area contributed by atoms with Gasteiger partial charge in [0.25, 0.3) is 11.8 Å². The minimum Gasteiger partial charge on any atom is -0.484 e. The summed E-state index contributed by atoms with van der Waals surface area (Å²) in [4.78, 5) is 23.9. The first-order valence-corrected chi connectivity index (χ1v) is 10.9. The maximum Gasteiger partial charge on any atom is 0.276 e. The highest BCUT2D eigenvalue weighted by Gasteiger charge is 2.16. The predicted octanol–water partition coefficient (Wildman–Crippen LogP) is 4.65. The Balaban J connectivity index is 1.74. The third-order valence-corrected chi connectivity index (χ3v) is 5.21. The Morgan fingerprint density at radius 1 is 0.774 bits per heavy atom. The first kappa shape index (κ1) is 24.7. The molecule has 2 amide bonds. The van der Waals surface area contributed by atoms with Crippen LogP contribution < -0.4 is 20.3 Å². The van der Waals surface area contributed by atoms with Crippen LogP contribution >= 0.6 is 15.9 Å². The summed E-state index contributed by atoms with van der Waals surface area (Å²) >= 11 is 3.47. The fourth-order valence-electron chi connectivity index (χ4n) is 2.64. The first-order chi connectivity index (χ1) is 14.4. The van der Waals surface area contributed by atoms with Crippen LogP contribution in [0.25, 0.3) is 0 Å². The van der Waals surface area contributed by atoms with E-state index in [9.17, 15) is 9.59 Å². The van der Waals surface area contributed by atoms with Crippen LogP contribution in [0.1, 0.15) is 52.7 Å². The third kappa shape index (κ3) is 7.90. The van der Waals surface area contributed by atoms with Gasteiger partial charge in [0.05, 0.1) is 4.47 Å². The van der Waals surface area contributed by atoms with E-state index in [0.717, 1.165) is 10.0 Å². The zero-order chi connectivity index (χ0) is 23.2. The standard InChI is InChI=1S/C24H31BrN2O4/c1-23(2,3)16-7-10-18(11-8-16)30-14-21(28)26-27-22(29)15-31-20-12-9-17(13-19(20)25)24(4,5)6/h7-13H,14-15H2,1-6H3,(H,26,28)(H,27,29). The summed E-state index contributed by atoms with van der Waals surface area (Å²) < 4.78 is 11.7. The average molecular weight is 491 g/mol. The molecule has 2 aromatic rings. The van der Waals surface area contributed by atoms with E-state index >= 15 is 0 Å². The SMILES string of the molecule is CC(C)(C)c1ccc(OCC(=O)NNC(=O)COc2ccc(C(C)(C)C)cc2Br)cc1. The van der Waals surface area contributed by atoms with E-state index in [4.69, 9.17) is 9.47 Å². The number of hydrogen-bond donors (Lipinski definition) is 2. The van der Waals surface area contributed by atoms with Crippen LogP contribution in [0.15, 0.2) is 46.9 Å². The molecule has 2 N–H and O–H groups in total. The largest absolute Gasteiger partial charge is 0.484 e. The van der Waals surface area contributed by atoms with Gasteiger partial charge in [-0.2, -0.15) is 0 Å². The van der Waals surface area contributed by atoms with Crippen LogP contribution in [0, 0.1) is 0 Å². The van der Waals surface area contributed by atoms with Crippen LogP contribution in [0.5, 0.6) is 11.5 Å². The van der Waals surface area contributed by atoms with Crippen molar-refractivity contribution in [3.05, 3.63) is 58.1 Å². The summed E-state index contributed by atoms with van der Waals surface area (Å²) in [7, 11) is 0. The number of halogens is 1. The monoisotopic (exact) mass is 490 g/mol. The molecule has 2 rings (SSSR count). The molecule has 0 aliphatic heterocycles. The highest BCUT2D eigenvalue weighted by Crippen LogP contribution is 2.31. The number of hydrazine groups is 1. The molecule has 0 aliphatic rings. The summed E-state index contributed by atoms with van der Waals surface area (Å²) in [5, 5.41) is 0. The van der Waals surface area contributed by atoms with Crippen molar-refractivity contribution >= 4 is 27.7 Å². The van der Waals surface area contributed by atoms with Gasteiger partial charge in [0.1, 0.15) is 11.5 Å². The first-order valence-electron chi connectivity index (χ1n) is 10.1. The number of nitrogens with one attached hydrogen (secondary N) is 2. The number of amides is 2. The van der Waals surface area contributed by atoms with Crippen molar-refractivity contribution in [3.63, 3.8) is 0 Å². The number of carbonyl (C=O) groups excluding carboxylic acids is 2. The molecule has 6 nitrogen and oxygen atoms in total. The maximum absolute atomic E-state index is 12.0. The van der Waals surface area contributed by atoms with Gasteiger partial charge in [-0.25, -0.2) is 0 Å². The van der Waals surface area contributed by atoms with E-state index in [-0.39, 0.29) is 24.0 Å². The smallest absolute Gasteiger partial charge is 0.276 e. The summed E-state index contributed by atoms with van der Waals surface area (Å²) in [5.41, 5.74) is 7.02. The van der Waals surface area contributed by atoms with Crippen molar-refractivity contribution in [3.8, 4) is 11.5 Å². The molecule has 0 aromatic heterocycles. The molecule has 0 heterocycles. The van der Waals surface area contributed by atoms with E-state index in [0.29, 0.717) is 11.5 Å². The average Bonchev–Trinajstić information content (AvgIpc) is 2.68. The van der Waals surface area contributed by atoms with Crippen molar-refractivity contribution < 1.29 is 19.1 Å². The normalized spacial score (nSPS) is 11.6. The molecule has 31 heavy (non-hydrogen) atoms. The fraction of sp³-hybridized carbons (Fsp3) is 0.417. The molecule has 0 spiro atoms. The molecule has 0 aliphatic carbocycles. The fourth-order valence-corrected chi connectivity index (χ4v) is 3.13. The van der Waals surface area contributed by atoms with Gasteiger partial charge >= 0.3 is 0 Å². The van der Waals surface area contributed by atoms with Crippen LogP contribution in [-0.4, -0.2) is 25.0 Å². The highest BCUT2D eigenvalue weighted by molar-refractivity contribution is 9.10. The lowest BCUT2D eigenvalue weighted by Crippen LogP contribution is -2.45. The van der Waals surface area contributed by atoms with Crippen molar-refractivity contribution in [1.82, 2.24) is 10.9 Å². The quantitative estimate of drug-likeness (QED) is 0.577. The zero-order valence-corrected chi connectivity index (χ0v) is 20.6. The third-order valence-electron chi connectivity index (χ3n) is 4.59. The van der Waals surface area contributed by atoms with Gasteiger partial charge in [0.2, 0.25) is 0 Å². The number of benzene rings is 2. The van der Waals surface area contributed by atoms with Gasteiger partial charge in [-0.3, -0.25) is 20.4 Å². The molecule has 168 valence electrons. The molecule has 0 saturated heterocycles. The molecule has 0 fully saturated rings. The van der Waals surface area contributed by atoms with Crippen LogP contribution in [0.2, 0.25) is 0 Å². The number of carbonyl (C=O) groups is 2. The molecule has 0 bridgehead atoms. The molecule has 2 aromatic carbocycles. The van der Waals surface area contributed by atoms with Crippen molar-refractivity contribution in [2.24, 2.45) is 0 Å². The molecule has 0 atom stereocenters. The van der Waals surface area contributed by atoms with E-state index in [1.165, 1.54) is 5.56 Å². The number of hydrogen-bond acceptors (Lipinski definition) is 4. The summed E-state index contributed by atoms with van der Waals surface area (Å²) in [6.07, 6.45) is 0. The van der Waals surface area contributed by atoms with Gasteiger partial charge in [-0.05, 0) is 62.2 Å². The maximum atomic E-state index is 12.0. The van der Waals surface area contributed by atoms with Crippen molar-refractivity contribution in [2.45, 2.75) is 52.4 Å². The molecule has 0 saturated carbocycles.